The van der Waals surface area contributed by atoms with Gasteiger partial charge in [-0.2, -0.15) is 0 Å². The third kappa shape index (κ3) is 3.59. The first-order chi connectivity index (χ1) is 13.2. The molecule has 1 aromatic carbocycles. The van der Waals surface area contributed by atoms with Crippen LogP contribution in [0.4, 0.5) is 5.69 Å². The summed E-state index contributed by atoms with van der Waals surface area (Å²) >= 11 is 0. The molecule has 138 valence electrons. The van der Waals surface area contributed by atoms with E-state index in [-0.39, 0.29) is 11.6 Å². The van der Waals surface area contributed by atoms with Gasteiger partial charge in [-0.1, -0.05) is 24.3 Å². The SMILES string of the molecule is O=C(N=Nc1c(O)n(C[NH+]2CCCCC2)c2ccccc12)c1ccccn1. The first kappa shape index (κ1) is 17.4. The molecule has 1 saturated heterocycles. The van der Waals surface area contributed by atoms with Gasteiger partial charge in [-0.3, -0.25) is 14.3 Å². The normalized spacial score (nSPS) is 15.6. The van der Waals surface area contributed by atoms with Gasteiger partial charge in [0.2, 0.25) is 5.88 Å². The van der Waals surface area contributed by atoms with Gasteiger partial charge in [-0.05, 0) is 37.5 Å². The van der Waals surface area contributed by atoms with E-state index in [9.17, 15) is 9.90 Å². The maximum absolute atomic E-state index is 12.2. The van der Waals surface area contributed by atoms with E-state index < -0.39 is 5.91 Å². The third-order valence-corrected chi connectivity index (χ3v) is 4.98. The molecule has 0 spiro atoms. The van der Waals surface area contributed by atoms with Gasteiger partial charge < -0.3 is 10.0 Å². The van der Waals surface area contributed by atoms with Gasteiger partial charge >= 0.3 is 5.91 Å². The summed E-state index contributed by atoms with van der Waals surface area (Å²) in [7, 11) is 0. The average molecular weight is 364 g/mol. The second kappa shape index (κ2) is 7.67. The van der Waals surface area contributed by atoms with E-state index in [0.717, 1.165) is 24.0 Å². The zero-order valence-corrected chi connectivity index (χ0v) is 15.0. The van der Waals surface area contributed by atoms with Crippen molar-refractivity contribution < 1.29 is 14.8 Å². The molecule has 3 heterocycles. The highest BCUT2D eigenvalue weighted by molar-refractivity contribution is 5.96. The van der Waals surface area contributed by atoms with E-state index in [4.69, 9.17) is 0 Å². The van der Waals surface area contributed by atoms with Crippen molar-refractivity contribution in [2.45, 2.75) is 25.9 Å². The van der Waals surface area contributed by atoms with Crippen molar-refractivity contribution in [2.75, 3.05) is 13.1 Å². The molecule has 0 radical (unpaired) electrons. The molecule has 0 unspecified atom stereocenters. The second-order valence-electron chi connectivity index (χ2n) is 6.81. The molecule has 3 aromatic rings. The van der Waals surface area contributed by atoms with Crippen LogP contribution in [0, 0.1) is 0 Å². The van der Waals surface area contributed by atoms with Crippen molar-refractivity contribution in [1.82, 2.24) is 9.55 Å². The maximum atomic E-state index is 12.2. The van der Waals surface area contributed by atoms with Gasteiger partial charge in [0.15, 0.2) is 12.4 Å². The van der Waals surface area contributed by atoms with E-state index in [2.05, 4.69) is 15.2 Å². The predicted molar refractivity (Wildman–Crippen MR) is 101 cm³/mol. The molecule has 0 saturated carbocycles. The van der Waals surface area contributed by atoms with Crippen LogP contribution in [0.5, 0.6) is 5.88 Å². The number of hydrogen-bond acceptors (Lipinski definition) is 4. The molecular formula is C20H22N5O2+. The van der Waals surface area contributed by atoms with E-state index in [1.807, 2.05) is 28.8 Å². The lowest BCUT2D eigenvalue weighted by Crippen LogP contribution is -3.12. The fraction of sp³-hybridized carbons (Fsp3) is 0.300. The minimum atomic E-state index is -0.534. The molecule has 0 bridgehead atoms. The van der Waals surface area contributed by atoms with Crippen LogP contribution in [0.15, 0.2) is 58.9 Å². The number of amides is 1. The van der Waals surface area contributed by atoms with Crippen LogP contribution in [0.3, 0.4) is 0 Å². The lowest BCUT2D eigenvalue weighted by molar-refractivity contribution is -0.927. The number of aromatic hydroxyl groups is 1. The molecule has 1 amide bonds. The topological polar surface area (TPSA) is 84.3 Å². The van der Waals surface area contributed by atoms with Crippen molar-refractivity contribution in [2.24, 2.45) is 10.2 Å². The summed E-state index contributed by atoms with van der Waals surface area (Å²) in [5.74, 6) is -0.486. The summed E-state index contributed by atoms with van der Waals surface area (Å²) in [5.41, 5.74) is 1.45. The molecule has 1 fully saturated rings. The number of benzene rings is 1. The number of rotatable bonds is 4. The number of aromatic nitrogens is 2. The summed E-state index contributed by atoms with van der Waals surface area (Å²) < 4.78 is 1.87. The Morgan fingerprint density at radius 2 is 1.89 bits per heavy atom. The fourth-order valence-corrected chi connectivity index (χ4v) is 3.60. The van der Waals surface area contributed by atoms with E-state index in [1.165, 1.54) is 30.4 Å². The van der Waals surface area contributed by atoms with Crippen LogP contribution in [0.25, 0.3) is 10.9 Å². The van der Waals surface area contributed by atoms with Gasteiger partial charge in [0, 0.05) is 11.6 Å². The molecule has 27 heavy (non-hydrogen) atoms. The van der Waals surface area contributed by atoms with Gasteiger partial charge in [-0.25, -0.2) is 0 Å². The first-order valence-electron chi connectivity index (χ1n) is 9.25. The van der Waals surface area contributed by atoms with Crippen LogP contribution in [0.1, 0.15) is 29.8 Å². The molecule has 0 atom stereocenters. The molecule has 4 rings (SSSR count). The highest BCUT2D eigenvalue weighted by atomic mass is 16.3. The van der Waals surface area contributed by atoms with Gasteiger partial charge in [0.1, 0.15) is 5.69 Å². The number of piperidine rings is 1. The van der Waals surface area contributed by atoms with Crippen LogP contribution in [0.2, 0.25) is 0 Å². The number of likely N-dealkylation sites (tertiary alicyclic amines) is 1. The molecule has 1 aliphatic heterocycles. The molecule has 7 nitrogen and oxygen atoms in total. The Balaban J connectivity index is 1.67. The number of para-hydroxylation sites is 1. The van der Waals surface area contributed by atoms with Gasteiger partial charge in [0.25, 0.3) is 0 Å². The van der Waals surface area contributed by atoms with Crippen LogP contribution in [-0.2, 0) is 6.67 Å². The van der Waals surface area contributed by atoms with Crippen LogP contribution < -0.4 is 4.90 Å². The molecule has 2 N–H and O–H groups in total. The largest absolute Gasteiger partial charge is 0.493 e. The highest BCUT2D eigenvalue weighted by Crippen LogP contribution is 2.38. The van der Waals surface area contributed by atoms with Crippen molar-refractivity contribution in [3.05, 3.63) is 54.4 Å². The number of carbonyl (C=O) groups is 1. The molecule has 7 heteroatoms. The molecule has 1 aliphatic rings. The summed E-state index contributed by atoms with van der Waals surface area (Å²) in [5, 5.41) is 19.4. The van der Waals surface area contributed by atoms with E-state index in [1.54, 1.807) is 18.2 Å². The third-order valence-electron chi connectivity index (χ3n) is 4.98. The Hall–Kier alpha value is -3.06. The van der Waals surface area contributed by atoms with Crippen LogP contribution >= 0.6 is 0 Å². The summed E-state index contributed by atoms with van der Waals surface area (Å²) in [6.07, 6.45) is 5.23. The highest BCUT2D eigenvalue weighted by Gasteiger charge is 2.21. The number of fused-ring (bicyclic) bond motifs is 1. The standard InChI is InChI=1S/C20H21N5O2/c26-19(16-9-4-5-11-21-16)23-22-18-15-8-2-3-10-17(15)25(20(18)27)14-24-12-6-1-7-13-24/h2-5,8-11,27H,1,6-7,12-14H2/p+1. The first-order valence-corrected chi connectivity index (χ1v) is 9.25. The van der Waals surface area contributed by atoms with Gasteiger partial charge in [-0.15, -0.1) is 10.2 Å². The summed E-state index contributed by atoms with van der Waals surface area (Å²) in [6.45, 7) is 2.87. The quantitative estimate of drug-likeness (QED) is 0.698. The number of quaternary nitrogens is 1. The van der Waals surface area contributed by atoms with Crippen molar-refractivity contribution in [3.8, 4) is 5.88 Å². The van der Waals surface area contributed by atoms with E-state index >= 15 is 0 Å². The van der Waals surface area contributed by atoms with Crippen molar-refractivity contribution >= 4 is 22.5 Å². The number of nitrogens with one attached hydrogen (secondary N) is 1. The number of carbonyl (C=O) groups excluding carboxylic acids is 1. The molecule has 2 aromatic heterocycles. The number of pyridine rings is 1. The zero-order valence-electron chi connectivity index (χ0n) is 15.0. The van der Waals surface area contributed by atoms with Crippen molar-refractivity contribution in [1.29, 1.82) is 0 Å². The van der Waals surface area contributed by atoms with E-state index in [0.29, 0.717) is 12.4 Å². The van der Waals surface area contributed by atoms with Crippen LogP contribution in [-0.4, -0.2) is 33.7 Å². The summed E-state index contributed by atoms with van der Waals surface area (Å²) in [4.78, 5) is 17.6. The lowest BCUT2D eigenvalue weighted by Gasteiger charge is -2.24. The fourth-order valence-electron chi connectivity index (χ4n) is 3.60. The monoisotopic (exact) mass is 364 g/mol. The van der Waals surface area contributed by atoms with Gasteiger partial charge in [0.05, 0.1) is 18.6 Å². The average Bonchev–Trinajstić information content (AvgIpc) is 2.99. The number of azo groups is 1. The number of hydrogen-bond donors (Lipinski definition) is 2. The number of nitrogens with zero attached hydrogens (tertiary/aromatic N) is 4. The Kier molecular flexibility index (Phi) is 4.93. The Morgan fingerprint density at radius 3 is 2.67 bits per heavy atom. The minimum absolute atomic E-state index is 0.0480. The minimum Gasteiger partial charge on any atom is -0.493 e. The summed E-state index contributed by atoms with van der Waals surface area (Å²) in [6, 6.07) is 12.7. The lowest BCUT2D eigenvalue weighted by atomic mass is 10.1. The molecular weight excluding hydrogens is 342 g/mol. The predicted octanol–water partition coefficient (Wildman–Crippen LogP) is 2.69. The Bertz CT molecular complexity index is 975. The smallest absolute Gasteiger partial charge is 0.313 e. The van der Waals surface area contributed by atoms with Crippen molar-refractivity contribution in [3.63, 3.8) is 0 Å². The molecule has 0 aliphatic carbocycles. The second-order valence-corrected chi connectivity index (χ2v) is 6.81. The Morgan fingerprint density at radius 1 is 1.11 bits per heavy atom. The maximum Gasteiger partial charge on any atom is 0.313 e. The Labute approximate surface area is 157 Å². The zero-order chi connectivity index (χ0) is 18.6.